The summed E-state index contributed by atoms with van der Waals surface area (Å²) in [5.74, 6) is 2.10. The van der Waals surface area contributed by atoms with E-state index in [1.807, 2.05) is 6.07 Å². The van der Waals surface area contributed by atoms with Crippen LogP contribution in [-0.4, -0.2) is 24.6 Å². The van der Waals surface area contributed by atoms with Crippen molar-refractivity contribution >= 4 is 11.6 Å². The number of aromatic nitrogens is 1. The number of rotatable bonds is 4. The van der Waals surface area contributed by atoms with E-state index in [0.717, 1.165) is 31.3 Å². The molecule has 2 heterocycles. The summed E-state index contributed by atoms with van der Waals surface area (Å²) in [6.07, 6.45) is 3.83. The fourth-order valence-electron chi connectivity index (χ4n) is 2.51. The fourth-order valence-corrected chi connectivity index (χ4v) is 2.51. The van der Waals surface area contributed by atoms with Crippen molar-refractivity contribution in [1.29, 1.82) is 0 Å². The average Bonchev–Trinajstić information content (AvgIpc) is 2.40. The van der Waals surface area contributed by atoms with Crippen LogP contribution in [0.5, 0.6) is 0 Å². The maximum atomic E-state index is 4.67. The van der Waals surface area contributed by atoms with Crippen molar-refractivity contribution in [1.82, 2.24) is 4.98 Å². The quantitative estimate of drug-likeness (QED) is 0.882. The maximum absolute atomic E-state index is 4.67. The Morgan fingerprint density at radius 2 is 2.00 bits per heavy atom. The van der Waals surface area contributed by atoms with Crippen molar-refractivity contribution in [2.75, 3.05) is 29.9 Å². The minimum Gasteiger partial charge on any atom is -0.370 e. The molecule has 1 aliphatic rings. The number of pyridine rings is 1. The van der Waals surface area contributed by atoms with Crippen LogP contribution in [0.1, 0.15) is 40.0 Å². The molecule has 0 saturated carbocycles. The molecule has 0 aliphatic carbocycles. The van der Waals surface area contributed by atoms with Gasteiger partial charge in [-0.3, -0.25) is 0 Å². The lowest BCUT2D eigenvalue weighted by Gasteiger charge is -2.39. The van der Waals surface area contributed by atoms with Gasteiger partial charge in [0.05, 0.1) is 0 Å². The zero-order valence-corrected chi connectivity index (χ0v) is 11.9. The molecule has 0 amide bonds. The Morgan fingerprint density at radius 3 is 2.61 bits per heavy atom. The second-order valence-corrected chi connectivity index (χ2v) is 5.56. The SMILES string of the molecule is CCNc1cccc(N2CCC(C)(CC)CC2)n1. The molecule has 0 spiro atoms. The van der Waals surface area contributed by atoms with E-state index in [1.54, 1.807) is 0 Å². The molecular formula is C15H25N3. The highest BCUT2D eigenvalue weighted by atomic mass is 15.2. The van der Waals surface area contributed by atoms with Crippen molar-refractivity contribution in [2.45, 2.75) is 40.0 Å². The normalized spacial score (nSPS) is 18.7. The number of piperidine rings is 1. The summed E-state index contributed by atoms with van der Waals surface area (Å²) in [5.41, 5.74) is 0.537. The first kappa shape index (κ1) is 13.2. The highest BCUT2D eigenvalue weighted by Gasteiger charge is 2.28. The van der Waals surface area contributed by atoms with Gasteiger partial charge in [-0.05, 0) is 37.3 Å². The van der Waals surface area contributed by atoms with Crippen molar-refractivity contribution in [3.05, 3.63) is 18.2 Å². The summed E-state index contributed by atoms with van der Waals surface area (Å²) in [4.78, 5) is 7.09. The van der Waals surface area contributed by atoms with Gasteiger partial charge >= 0.3 is 0 Å². The molecular weight excluding hydrogens is 222 g/mol. The predicted molar refractivity (Wildman–Crippen MR) is 78.2 cm³/mol. The molecule has 1 aromatic heterocycles. The molecule has 0 radical (unpaired) electrons. The maximum Gasteiger partial charge on any atom is 0.130 e. The van der Waals surface area contributed by atoms with Gasteiger partial charge in [0.25, 0.3) is 0 Å². The highest BCUT2D eigenvalue weighted by molar-refractivity contribution is 5.47. The van der Waals surface area contributed by atoms with Crippen LogP contribution < -0.4 is 10.2 Å². The van der Waals surface area contributed by atoms with Gasteiger partial charge in [-0.1, -0.05) is 26.3 Å². The lowest BCUT2D eigenvalue weighted by atomic mass is 9.78. The van der Waals surface area contributed by atoms with E-state index in [2.05, 4.69) is 48.1 Å². The summed E-state index contributed by atoms with van der Waals surface area (Å²) in [5, 5.41) is 3.28. The lowest BCUT2D eigenvalue weighted by molar-refractivity contribution is 0.238. The van der Waals surface area contributed by atoms with E-state index in [1.165, 1.54) is 19.3 Å². The Morgan fingerprint density at radius 1 is 1.28 bits per heavy atom. The van der Waals surface area contributed by atoms with Crippen LogP contribution in [-0.2, 0) is 0 Å². The fraction of sp³-hybridized carbons (Fsp3) is 0.667. The summed E-state index contributed by atoms with van der Waals surface area (Å²) < 4.78 is 0. The largest absolute Gasteiger partial charge is 0.370 e. The molecule has 1 fully saturated rings. The number of hydrogen-bond donors (Lipinski definition) is 1. The number of nitrogens with one attached hydrogen (secondary N) is 1. The van der Waals surface area contributed by atoms with Crippen LogP contribution in [0.15, 0.2) is 18.2 Å². The van der Waals surface area contributed by atoms with Gasteiger partial charge in [-0.15, -0.1) is 0 Å². The second kappa shape index (κ2) is 5.59. The number of anilines is 2. The number of hydrogen-bond acceptors (Lipinski definition) is 3. The van der Waals surface area contributed by atoms with Crippen molar-refractivity contribution in [3.8, 4) is 0 Å². The summed E-state index contributed by atoms with van der Waals surface area (Å²) in [6, 6.07) is 6.25. The molecule has 100 valence electrons. The van der Waals surface area contributed by atoms with Crippen molar-refractivity contribution < 1.29 is 0 Å². The van der Waals surface area contributed by atoms with Crippen LogP contribution >= 0.6 is 0 Å². The monoisotopic (exact) mass is 247 g/mol. The van der Waals surface area contributed by atoms with Gasteiger partial charge in [-0.25, -0.2) is 4.98 Å². The minimum atomic E-state index is 0.537. The molecule has 2 rings (SSSR count). The Labute approximate surface area is 111 Å². The van der Waals surface area contributed by atoms with E-state index < -0.39 is 0 Å². The summed E-state index contributed by atoms with van der Waals surface area (Å²) in [6.45, 7) is 10.00. The molecule has 18 heavy (non-hydrogen) atoms. The first-order chi connectivity index (χ1) is 8.67. The first-order valence-corrected chi connectivity index (χ1v) is 7.13. The molecule has 1 saturated heterocycles. The zero-order valence-electron chi connectivity index (χ0n) is 11.9. The molecule has 0 unspecified atom stereocenters. The van der Waals surface area contributed by atoms with Crippen molar-refractivity contribution in [3.63, 3.8) is 0 Å². The minimum absolute atomic E-state index is 0.537. The third-order valence-corrected chi connectivity index (χ3v) is 4.24. The van der Waals surface area contributed by atoms with Crippen molar-refractivity contribution in [2.24, 2.45) is 5.41 Å². The molecule has 1 aliphatic heterocycles. The van der Waals surface area contributed by atoms with Gasteiger partial charge in [0.15, 0.2) is 0 Å². The van der Waals surface area contributed by atoms with Gasteiger partial charge in [-0.2, -0.15) is 0 Å². The number of nitrogens with zero attached hydrogens (tertiary/aromatic N) is 2. The predicted octanol–water partition coefficient (Wildman–Crippen LogP) is 3.53. The standard InChI is InChI=1S/C15H25N3/c1-4-15(3)9-11-18(12-10-15)14-8-6-7-13(17-14)16-5-2/h6-8H,4-5,9-12H2,1-3H3,(H,16,17). The lowest BCUT2D eigenvalue weighted by Crippen LogP contribution is -2.38. The van der Waals surface area contributed by atoms with E-state index in [9.17, 15) is 0 Å². The van der Waals surface area contributed by atoms with Crippen LogP contribution in [0.3, 0.4) is 0 Å². The third kappa shape index (κ3) is 2.95. The van der Waals surface area contributed by atoms with Gasteiger partial charge in [0, 0.05) is 19.6 Å². The van der Waals surface area contributed by atoms with E-state index >= 15 is 0 Å². The summed E-state index contributed by atoms with van der Waals surface area (Å²) >= 11 is 0. The third-order valence-electron chi connectivity index (χ3n) is 4.24. The zero-order chi connectivity index (χ0) is 13.0. The Bertz CT molecular complexity index is 381. The molecule has 3 nitrogen and oxygen atoms in total. The first-order valence-electron chi connectivity index (χ1n) is 7.13. The highest BCUT2D eigenvalue weighted by Crippen LogP contribution is 2.35. The van der Waals surface area contributed by atoms with E-state index in [-0.39, 0.29) is 0 Å². The average molecular weight is 247 g/mol. The smallest absolute Gasteiger partial charge is 0.130 e. The van der Waals surface area contributed by atoms with E-state index in [0.29, 0.717) is 5.41 Å². The van der Waals surface area contributed by atoms with Gasteiger partial charge < -0.3 is 10.2 Å². The molecule has 0 atom stereocenters. The second-order valence-electron chi connectivity index (χ2n) is 5.56. The Balaban J connectivity index is 2.03. The molecule has 3 heteroatoms. The summed E-state index contributed by atoms with van der Waals surface area (Å²) in [7, 11) is 0. The van der Waals surface area contributed by atoms with Crippen LogP contribution in [0, 0.1) is 5.41 Å². The Hall–Kier alpha value is -1.25. The molecule has 0 bridgehead atoms. The van der Waals surface area contributed by atoms with Crippen LogP contribution in [0.25, 0.3) is 0 Å². The van der Waals surface area contributed by atoms with Crippen LogP contribution in [0.4, 0.5) is 11.6 Å². The topological polar surface area (TPSA) is 28.2 Å². The molecule has 0 aromatic carbocycles. The van der Waals surface area contributed by atoms with Crippen LogP contribution in [0.2, 0.25) is 0 Å². The molecule has 1 N–H and O–H groups in total. The van der Waals surface area contributed by atoms with E-state index in [4.69, 9.17) is 0 Å². The van der Waals surface area contributed by atoms with Gasteiger partial charge in [0.2, 0.25) is 0 Å². The van der Waals surface area contributed by atoms with Gasteiger partial charge in [0.1, 0.15) is 11.6 Å². The Kier molecular flexibility index (Phi) is 4.10. The molecule has 1 aromatic rings.